The summed E-state index contributed by atoms with van der Waals surface area (Å²) in [6, 6.07) is 7.41. The molecule has 0 heterocycles. The van der Waals surface area contributed by atoms with E-state index in [1.54, 1.807) is 13.0 Å². The van der Waals surface area contributed by atoms with Gasteiger partial charge in [0.1, 0.15) is 5.60 Å². The quantitative estimate of drug-likeness (QED) is 0.815. The first-order valence-electron chi connectivity index (χ1n) is 6.42. The Bertz CT molecular complexity index is 410. The highest BCUT2D eigenvalue weighted by atomic mass is 16.4. The molecule has 0 saturated carbocycles. The number of carboxylic acids is 1. The average Bonchev–Trinajstić information content (AvgIpc) is 2.28. The molecule has 0 spiro atoms. The van der Waals surface area contributed by atoms with Crippen molar-refractivity contribution in [3.63, 3.8) is 0 Å². The Hall–Kier alpha value is -1.35. The van der Waals surface area contributed by atoms with E-state index in [2.05, 4.69) is 0 Å². The van der Waals surface area contributed by atoms with Gasteiger partial charge in [0.15, 0.2) is 0 Å². The van der Waals surface area contributed by atoms with Gasteiger partial charge in [0.2, 0.25) is 0 Å². The van der Waals surface area contributed by atoms with Gasteiger partial charge >= 0.3 is 5.97 Å². The van der Waals surface area contributed by atoms with Gasteiger partial charge in [0.05, 0.1) is 5.92 Å². The molecule has 100 valence electrons. The number of aliphatic hydroxyl groups is 1. The van der Waals surface area contributed by atoms with Crippen molar-refractivity contribution in [3.05, 3.63) is 35.4 Å². The molecule has 0 aliphatic carbocycles. The fourth-order valence-corrected chi connectivity index (χ4v) is 2.21. The predicted molar refractivity (Wildman–Crippen MR) is 71.4 cm³/mol. The van der Waals surface area contributed by atoms with E-state index in [0.29, 0.717) is 12.0 Å². The monoisotopic (exact) mass is 250 g/mol. The number of aryl methyl sites for hydroxylation is 1. The van der Waals surface area contributed by atoms with Crippen molar-refractivity contribution in [2.24, 2.45) is 5.92 Å². The van der Waals surface area contributed by atoms with Crippen LogP contribution in [0.4, 0.5) is 0 Å². The maximum absolute atomic E-state index is 11.4. The van der Waals surface area contributed by atoms with Crippen LogP contribution in [0.5, 0.6) is 0 Å². The molecule has 18 heavy (non-hydrogen) atoms. The highest BCUT2D eigenvalue weighted by molar-refractivity contribution is 5.72. The SMILES string of the molecule is CCCCC(C(=O)O)C(C)(O)c1cccc(C)c1. The van der Waals surface area contributed by atoms with Crippen molar-refractivity contribution in [2.45, 2.75) is 45.6 Å². The van der Waals surface area contributed by atoms with E-state index in [1.807, 2.05) is 32.0 Å². The first-order valence-corrected chi connectivity index (χ1v) is 6.42. The Morgan fingerprint density at radius 2 is 2.11 bits per heavy atom. The third kappa shape index (κ3) is 3.33. The Kier molecular flexibility index (Phi) is 4.91. The van der Waals surface area contributed by atoms with Crippen LogP contribution in [0.15, 0.2) is 24.3 Å². The lowest BCUT2D eigenvalue weighted by molar-refractivity contribution is -0.152. The van der Waals surface area contributed by atoms with Gasteiger partial charge in [-0.25, -0.2) is 0 Å². The number of carbonyl (C=O) groups is 1. The molecule has 0 aromatic heterocycles. The van der Waals surface area contributed by atoms with Gasteiger partial charge in [0, 0.05) is 0 Å². The Labute approximate surface area is 108 Å². The van der Waals surface area contributed by atoms with Crippen molar-refractivity contribution >= 4 is 5.97 Å². The van der Waals surface area contributed by atoms with Gasteiger partial charge < -0.3 is 10.2 Å². The smallest absolute Gasteiger partial charge is 0.309 e. The summed E-state index contributed by atoms with van der Waals surface area (Å²) in [6.07, 6.45) is 2.22. The normalized spacial score (nSPS) is 16.0. The molecule has 0 amide bonds. The Morgan fingerprint density at radius 3 is 2.61 bits per heavy atom. The molecule has 3 nitrogen and oxygen atoms in total. The molecule has 0 bridgehead atoms. The highest BCUT2D eigenvalue weighted by Crippen LogP contribution is 2.33. The molecular formula is C15H22O3. The minimum atomic E-state index is -1.33. The molecule has 2 atom stereocenters. The maximum Gasteiger partial charge on any atom is 0.309 e. The van der Waals surface area contributed by atoms with Crippen LogP contribution in [0, 0.1) is 12.8 Å². The average molecular weight is 250 g/mol. The Morgan fingerprint density at radius 1 is 1.44 bits per heavy atom. The van der Waals surface area contributed by atoms with Gasteiger partial charge in [-0.05, 0) is 25.8 Å². The summed E-state index contributed by atoms with van der Waals surface area (Å²) in [5.41, 5.74) is 0.367. The molecule has 1 rings (SSSR count). The van der Waals surface area contributed by atoms with E-state index in [9.17, 15) is 15.0 Å². The third-order valence-electron chi connectivity index (χ3n) is 3.43. The summed E-state index contributed by atoms with van der Waals surface area (Å²) >= 11 is 0. The van der Waals surface area contributed by atoms with Crippen LogP contribution in [0.2, 0.25) is 0 Å². The van der Waals surface area contributed by atoms with E-state index in [1.165, 1.54) is 0 Å². The van der Waals surface area contributed by atoms with Gasteiger partial charge in [-0.15, -0.1) is 0 Å². The Balaban J connectivity index is 3.04. The van der Waals surface area contributed by atoms with Gasteiger partial charge in [0.25, 0.3) is 0 Å². The highest BCUT2D eigenvalue weighted by Gasteiger charge is 2.38. The minimum absolute atomic E-state index is 0.493. The maximum atomic E-state index is 11.4. The second-order valence-electron chi connectivity index (χ2n) is 5.05. The predicted octanol–water partition coefficient (Wildman–Crippen LogP) is 3.09. The summed E-state index contributed by atoms with van der Waals surface area (Å²) in [5.74, 6) is -1.70. The molecule has 0 radical (unpaired) electrons. The number of aliphatic carboxylic acids is 1. The van der Waals surface area contributed by atoms with Crippen molar-refractivity contribution in [3.8, 4) is 0 Å². The fourth-order valence-electron chi connectivity index (χ4n) is 2.21. The molecule has 1 aromatic rings. The number of benzene rings is 1. The molecule has 0 fully saturated rings. The first-order chi connectivity index (χ1) is 8.39. The number of rotatable bonds is 6. The standard InChI is InChI=1S/C15H22O3/c1-4-5-9-13(14(16)17)15(3,18)12-8-6-7-11(2)10-12/h6-8,10,13,18H,4-5,9H2,1-3H3,(H,16,17). The van der Waals surface area contributed by atoms with Crippen molar-refractivity contribution in [1.82, 2.24) is 0 Å². The molecule has 2 N–H and O–H groups in total. The lowest BCUT2D eigenvalue weighted by Crippen LogP contribution is -2.37. The van der Waals surface area contributed by atoms with Crippen LogP contribution in [-0.4, -0.2) is 16.2 Å². The number of hydrogen-bond donors (Lipinski definition) is 2. The first kappa shape index (κ1) is 14.7. The molecule has 0 saturated heterocycles. The van der Waals surface area contributed by atoms with Crippen LogP contribution in [0.3, 0.4) is 0 Å². The lowest BCUT2D eigenvalue weighted by atomic mass is 9.79. The summed E-state index contributed by atoms with van der Waals surface area (Å²) in [5, 5.41) is 19.9. The summed E-state index contributed by atoms with van der Waals surface area (Å²) in [7, 11) is 0. The zero-order valence-electron chi connectivity index (χ0n) is 11.3. The number of carboxylic acid groups (broad SMARTS) is 1. The molecule has 2 unspecified atom stereocenters. The molecule has 0 aliphatic rings. The molecule has 3 heteroatoms. The van der Waals surface area contributed by atoms with E-state index in [-0.39, 0.29) is 0 Å². The van der Waals surface area contributed by atoms with Crippen LogP contribution in [0.25, 0.3) is 0 Å². The third-order valence-corrected chi connectivity index (χ3v) is 3.43. The van der Waals surface area contributed by atoms with Crippen LogP contribution < -0.4 is 0 Å². The lowest BCUT2D eigenvalue weighted by Gasteiger charge is -2.31. The summed E-state index contributed by atoms with van der Waals surface area (Å²) < 4.78 is 0. The van der Waals surface area contributed by atoms with Crippen LogP contribution >= 0.6 is 0 Å². The van der Waals surface area contributed by atoms with Gasteiger partial charge in [-0.1, -0.05) is 49.6 Å². The van der Waals surface area contributed by atoms with E-state index in [0.717, 1.165) is 18.4 Å². The zero-order chi connectivity index (χ0) is 13.8. The van der Waals surface area contributed by atoms with Crippen molar-refractivity contribution < 1.29 is 15.0 Å². The summed E-state index contributed by atoms with van der Waals surface area (Å²) in [6.45, 7) is 5.54. The van der Waals surface area contributed by atoms with Gasteiger partial charge in [-0.2, -0.15) is 0 Å². The topological polar surface area (TPSA) is 57.5 Å². The second-order valence-corrected chi connectivity index (χ2v) is 5.05. The van der Waals surface area contributed by atoms with E-state index in [4.69, 9.17) is 0 Å². The number of unbranched alkanes of at least 4 members (excludes halogenated alkanes) is 1. The summed E-state index contributed by atoms with van der Waals surface area (Å²) in [4.78, 5) is 11.4. The molecule has 1 aromatic carbocycles. The molecular weight excluding hydrogens is 228 g/mol. The molecule has 0 aliphatic heterocycles. The van der Waals surface area contributed by atoms with Gasteiger partial charge in [-0.3, -0.25) is 4.79 Å². The fraction of sp³-hybridized carbons (Fsp3) is 0.533. The largest absolute Gasteiger partial charge is 0.481 e. The van der Waals surface area contributed by atoms with Crippen LogP contribution in [-0.2, 0) is 10.4 Å². The number of hydrogen-bond acceptors (Lipinski definition) is 2. The minimum Gasteiger partial charge on any atom is -0.481 e. The van der Waals surface area contributed by atoms with Crippen molar-refractivity contribution in [2.75, 3.05) is 0 Å². The second kappa shape index (κ2) is 6.01. The van der Waals surface area contributed by atoms with E-state index >= 15 is 0 Å². The zero-order valence-corrected chi connectivity index (χ0v) is 11.3. The van der Waals surface area contributed by atoms with E-state index < -0.39 is 17.5 Å². The van der Waals surface area contributed by atoms with Crippen molar-refractivity contribution in [1.29, 1.82) is 0 Å². The van der Waals surface area contributed by atoms with Crippen LogP contribution in [0.1, 0.15) is 44.2 Å².